The average Bonchev–Trinajstić information content (AvgIpc) is 2.63. The molecular formula is C26H62O11Si4. The maximum Gasteiger partial charge on any atom is 0.373 e. The van der Waals surface area contributed by atoms with Gasteiger partial charge in [-0.2, -0.15) is 9.59 Å². The van der Waals surface area contributed by atoms with Crippen molar-refractivity contribution < 1.29 is 51.6 Å². The molecule has 15 heteroatoms. The molecule has 0 fully saturated rings. The van der Waals surface area contributed by atoms with Crippen molar-refractivity contribution in [3.05, 3.63) is 0 Å². The molecule has 0 aromatic rings. The lowest BCUT2D eigenvalue weighted by molar-refractivity contribution is -0.191. The molecule has 3 N–H and O–H groups in total. The predicted molar refractivity (Wildman–Crippen MR) is 173 cm³/mol. The predicted octanol–water partition coefficient (Wildman–Crippen LogP) is 7.27. The highest BCUT2D eigenvalue weighted by Crippen LogP contribution is 2.31. The van der Waals surface area contributed by atoms with Crippen LogP contribution in [0.1, 0.15) is 68.7 Å². The molecule has 0 aliphatic heterocycles. The normalized spacial score (nSPS) is 13.9. The van der Waals surface area contributed by atoms with Crippen molar-refractivity contribution in [2.45, 2.75) is 133 Å². The van der Waals surface area contributed by atoms with E-state index in [2.05, 4.69) is 32.7 Å². The molecule has 41 heavy (non-hydrogen) atoms. The third-order valence-corrected chi connectivity index (χ3v) is 20.2. The summed E-state index contributed by atoms with van der Waals surface area (Å²) in [6.45, 7) is 18.3. The second-order valence-corrected chi connectivity index (χ2v) is 27.7. The first-order valence-corrected chi connectivity index (χ1v) is 24.2. The van der Waals surface area contributed by atoms with Gasteiger partial charge in [0.05, 0.1) is 18.3 Å². The monoisotopic (exact) mass is 662 g/mol. The van der Waals surface area contributed by atoms with E-state index in [9.17, 15) is 24.6 Å². The van der Waals surface area contributed by atoms with Gasteiger partial charge in [0.25, 0.3) is 0 Å². The second kappa shape index (κ2) is 23.0. The zero-order valence-electron chi connectivity index (χ0n) is 23.7. The van der Waals surface area contributed by atoms with Crippen LogP contribution in [0, 0.1) is 11.8 Å². The minimum Gasteiger partial charge on any atom is -0.481 e. The van der Waals surface area contributed by atoms with Gasteiger partial charge in [-0.05, 0) is 77.3 Å². The van der Waals surface area contributed by atoms with E-state index in [1.54, 1.807) is 6.92 Å². The minimum absolute atomic E-state index is 0. The first-order valence-electron chi connectivity index (χ1n) is 12.4. The molecule has 0 aromatic heterocycles. The van der Waals surface area contributed by atoms with E-state index in [1.807, 2.05) is 19.6 Å². The average molecular weight is 663 g/mol. The van der Waals surface area contributed by atoms with E-state index in [0.29, 0.717) is 31.4 Å². The number of aliphatic carboxylic acids is 3. The Kier molecular flexibility index (Phi) is 29.3. The van der Waals surface area contributed by atoms with Gasteiger partial charge in [0.2, 0.25) is 0 Å². The van der Waals surface area contributed by atoms with Gasteiger partial charge in [0.1, 0.15) is 0 Å². The van der Waals surface area contributed by atoms with Crippen LogP contribution < -0.4 is 0 Å². The fourth-order valence-corrected chi connectivity index (χ4v) is 23.1. The molecule has 0 aromatic carbocycles. The number of carboxylic acid groups (broad SMARTS) is 3. The molecule has 0 saturated carbocycles. The van der Waals surface area contributed by atoms with E-state index in [-0.39, 0.29) is 48.7 Å². The van der Waals surface area contributed by atoms with E-state index in [0.717, 1.165) is 0 Å². The molecule has 0 aliphatic rings. The smallest absolute Gasteiger partial charge is 0.373 e. The Morgan fingerprint density at radius 1 is 0.707 bits per heavy atom. The van der Waals surface area contributed by atoms with Crippen molar-refractivity contribution in [1.82, 2.24) is 0 Å². The highest BCUT2D eigenvalue weighted by atomic mass is 28.5. The Morgan fingerprint density at radius 3 is 1.51 bits per heavy atom. The topological polar surface area (TPSA) is 174 Å². The first kappa shape index (κ1) is 52.2. The maximum absolute atomic E-state index is 11.4. The summed E-state index contributed by atoms with van der Waals surface area (Å²) in [5.74, 6) is -4.36. The van der Waals surface area contributed by atoms with Crippen molar-refractivity contribution in [3.63, 3.8) is 0 Å². The largest absolute Gasteiger partial charge is 0.481 e. The minimum atomic E-state index is -2.73. The summed E-state index contributed by atoms with van der Waals surface area (Å²) in [6.07, 6.45) is 1.94. The van der Waals surface area contributed by atoms with Crippen molar-refractivity contribution in [3.8, 4) is 0 Å². The van der Waals surface area contributed by atoms with Gasteiger partial charge in [-0.25, -0.2) is 0 Å². The Morgan fingerprint density at radius 2 is 1.15 bits per heavy atom. The number of rotatable bonds is 18. The van der Waals surface area contributed by atoms with Crippen LogP contribution in [0.5, 0.6) is 0 Å². The van der Waals surface area contributed by atoms with Gasteiger partial charge < -0.3 is 27.7 Å². The summed E-state index contributed by atoms with van der Waals surface area (Å²) < 4.78 is 19.8. The van der Waals surface area contributed by atoms with Gasteiger partial charge in [-0.3, -0.25) is 14.4 Å². The quantitative estimate of drug-likeness (QED) is 0.126. The molecule has 0 spiro atoms. The zero-order valence-corrected chi connectivity index (χ0v) is 27.7. The summed E-state index contributed by atoms with van der Waals surface area (Å²) in [4.78, 5) is 49.8. The molecule has 11 nitrogen and oxygen atoms in total. The van der Waals surface area contributed by atoms with Crippen LogP contribution in [-0.2, 0) is 36.3 Å². The molecule has 0 bridgehead atoms. The molecule has 0 radical (unpaired) electrons. The highest BCUT2D eigenvalue weighted by molar-refractivity contribution is 6.89. The van der Waals surface area contributed by atoms with Crippen LogP contribution >= 0.6 is 0 Å². The Hall–Kier alpha value is -1.46. The van der Waals surface area contributed by atoms with Gasteiger partial charge in [0, 0.05) is 0 Å². The van der Waals surface area contributed by atoms with Crippen LogP contribution in [0.15, 0.2) is 0 Å². The first-order chi connectivity index (χ1) is 16.6. The summed E-state index contributed by atoms with van der Waals surface area (Å²) in [5, 5.41) is 27.5. The Balaban J connectivity index is -0.000000417. The van der Waals surface area contributed by atoms with Gasteiger partial charge in [0.15, 0.2) is 16.6 Å². The third-order valence-electron chi connectivity index (χ3n) is 5.30. The number of carbonyl (C=O) groups excluding carboxylic acids is 2. The van der Waals surface area contributed by atoms with Crippen LogP contribution in [0.3, 0.4) is 0 Å². The molecule has 0 heterocycles. The fourth-order valence-electron chi connectivity index (χ4n) is 4.19. The number of carboxylic acids is 3. The molecular weight excluding hydrogens is 601 g/mol. The molecule has 0 aliphatic carbocycles. The summed E-state index contributed by atoms with van der Waals surface area (Å²) >= 11 is 0. The third kappa shape index (κ3) is 28.4. The van der Waals surface area contributed by atoms with Crippen LogP contribution in [-0.4, -0.2) is 73.1 Å². The molecule has 0 amide bonds. The van der Waals surface area contributed by atoms with E-state index < -0.39 is 63.5 Å². The lowest BCUT2D eigenvalue weighted by Gasteiger charge is -2.42. The van der Waals surface area contributed by atoms with Crippen molar-refractivity contribution in [1.29, 1.82) is 0 Å². The SMILES string of the molecule is C.C.C.C.CC(CCC[Si](C)(O[Si](C)(C)CCCC(CC(=O)O)C(=O)O)O[Si](C)(C)O[Si](C)(C)C)C(=O)O.O=C=O. The highest BCUT2D eigenvalue weighted by Gasteiger charge is 2.45. The standard InChI is InChI=1S/C21H46O9Si4.CO2.4CH4/c1-17(20(24)25)12-10-15-34(9,30-33(7,8)28-31(2,3)4)29-32(5,6)14-11-13-18(21(26)27)16-19(22)23;2-1-3;;;;/h17-18H,10-16H2,1-9H3,(H,22,23)(H,24,25)(H,26,27);;4*1H4. The van der Waals surface area contributed by atoms with Crippen LogP contribution in [0.25, 0.3) is 0 Å². The number of hydrogen-bond acceptors (Lipinski definition) is 8. The summed E-state index contributed by atoms with van der Waals surface area (Å²) in [7, 11) is -9.34. The number of hydrogen-bond donors (Lipinski definition) is 3. The van der Waals surface area contributed by atoms with Gasteiger partial charge in [-0.15, -0.1) is 0 Å². The summed E-state index contributed by atoms with van der Waals surface area (Å²) in [5.41, 5.74) is 0. The molecule has 0 saturated heterocycles. The molecule has 0 rings (SSSR count). The zero-order chi connectivity index (χ0) is 29.7. The van der Waals surface area contributed by atoms with E-state index in [1.165, 1.54) is 0 Å². The molecule has 248 valence electrons. The Bertz CT molecular complexity index is 780. The fraction of sp³-hybridized carbons (Fsp3) is 0.846. The maximum atomic E-state index is 11.4. The summed E-state index contributed by atoms with van der Waals surface area (Å²) in [6, 6.07) is 1.34. The van der Waals surface area contributed by atoms with E-state index in [4.69, 9.17) is 27.0 Å². The molecule has 3 atom stereocenters. The molecule has 3 unspecified atom stereocenters. The van der Waals surface area contributed by atoms with Crippen molar-refractivity contribution in [2.24, 2.45) is 11.8 Å². The lowest BCUT2D eigenvalue weighted by atomic mass is 10.0. The van der Waals surface area contributed by atoms with Crippen LogP contribution in [0.2, 0.25) is 64.5 Å². The van der Waals surface area contributed by atoms with Crippen molar-refractivity contribution in [2.75, 3.05) is 0 Å². The van der Waals surface area contributed by atoms with Gasteiger partial charge >= 0.3 is 41.2 Å². The Labute approximate surface area is 254 Å². The second-order valence-electron chi connectivity index (χ2n) is 11.5. The van der Waals surface area contributed by atoms with E-state index >= 15 is 0 Å². The number of carbonyl (C=O) groups is 3. The lowest BCUT2D eigenvalue weighted by Crippen LogP contribution is -2.57. The van der Waals surface area contributed by atoms with Gasteiger partial charge in [-0.1, -0.05) is 49.5 Å². The van der Waals surface area contributed by atoms with Crippen LogP contribution in [0.4, 0.5) is 0 Å². The van der Waals surface area contributed by atoms with Crippen molar-refractivity contribution >= 4 is 57.8 Å².